The molecule has 9 unspecified atom stereocenters. The van der Waals surface area contributed by atoms with Gasteiger partial charge in [0.15, 0.2) is 12.5 Å². The van der Waals surface area contributed by atoms with Crippen molar-refractivity contribution < 1.29 is 69.8 Å². The van der Waals surface area contributed by atoms with Crippen LogP contribution in [0.5, 0.6) is 0 Å². The van der Waals surface area contributed by atoms with Gasteiger partial charge in [-0.25, -0.2) is 18.5 Å². The van der Waals surface area contributed by atoms with Crippen molar-refractivity contribution in [3.63, 3.8) is 0 Å². The molecule has 4 aliphatic rings. The molecule has 0 aliphatic carbocycles. The SMILES string of the molecule is Cc1cccc(C2=CC3=CN(C4OC(COP(=O)(O)OP(=O)(O)OP(=O)(O)OC(C)C)C5OC(Cc6ccccc6)OC54)C(=O)NC3O2)c1. The highest BCUT2D eigenvalue weighted by Crippen LogP contribution is 2.68. The summed E-state index contributed by atoms with van der Waals surface area (Å²) in [6.45, 7) is 3.88. The van der Waals surface area contributed by atoms with E-state index in [1.165, 1.54) is 18.7 Å². The molecule has 266 valence electrons. The van der Waals surface area contributed by atoms with Crippen molar-refractivity contribution in [2.24, 2.45) is 0 Å². The summed E-state index contributed by atoms with van der Waals surface area (Å²) in [5.74, 6) is 0.555. The van der Waals surface area contributed by atoms with E-state index in [-0.39, 0.29) is 0 Å². The van der Waals surface area contributed by atoms with Gasteiger partial charge in [-0.1, -0.05) is 54.1 Å². The van der Waals surface area contributed by atoms with Crippen LogP contribution in [0.3, 0.4) is 0 Å². The fourth-order valence-corrected chi connectivity index (χ4v) is 9.32. The number of carbonyl (C=O) groups is 1. The van der Waals surface area contributed by atoms with E-state index in [4.69, 9.17) is 23.5 Å². The summed E-state index contributed by atoms with van der Waals surface area (Å²) < 4.78 is 79.1. The van der Waals surface area contributed by atoms with Crippen molar-refractivity contribution in [3.05, 3.63) is 89.1 Å². The molecule has 9 atom stereocenters. The first-order chi connectivity index (χ1) is 23.1. The van der Waals surface area contributed by atoms with Crippen LogP contribution in [0.1, 0.15) is 30.5 Å². The summed E-state index contributed by atoms with van der Waals surface area (Å²) in [5, 5.41) is 2.78. The van der Waals surface area contributed by atoms with Crippen LogP contribution in [0.15, 0.2) is 72.4 Å². The molecule has 0 bridgehead atoms. The first-order valence-corrected chi connectivity index (χ1v) is 19.6. The van der Waals surface area contributed by atoms with E-state index in [0.29, 0.717) is 17.8 Å². The number of nitrogens with one attached hydrogen (secondary N) is 1. The fraction of sp³-hybridized carbons (Fsp3) is 0.414. The number of ether oxygens (including phenoxy) is 4. The number of hydrogen-bond donors (Lipinski definition) is 4. The molecule has 2 saturated heterocycles. The predicted molar refractivity (Wildman–Crippen MR) is 169 cm³/mol. The van der Waals surface area contributed by atoms with Gasteiger partial charge in [0, 0.05) is 23.8 Å². The molecule has 2 aromatic carbocycles. The summed E-state index contributed by atoms with van der Waals surface area (Å²) in [7, 11) is -16.3. The topological polar surface area (TPSA) is 218 Å². The molecule has 17 nitrogen and oxygen atoms in total. The summed E-state index contributed by atoms with van der Waals surface area (Å²) in [6, 6.07) is 16.4. The number of hydrogen-bond acceptors (Lipinski definition) is 12. The van der Waals surface area contributed by atoms with Crippen LogP contribution in [0, 0.1) is 6.92 Å². The molecule has 49 heavy (non-hydrogen) atoms. The number of phosphoric acid groups is 3. The molecule has 2 aromatic rings. The predicted octanol–water partition coefficient (Wildman–Crippen LogP) is 4.46. The summed E-state index contributed by atoms with van der Waals surface area (Å²) >= 11 is 0. The average molecular weight is 745 g/mol. The lowest BCUT2D eigenvalue weighted by Crippen LogP contribution is -2.54. The number of carbonyl (C=O) groups excluding carboxylic acids is 1. The molecule has 6 rings (SSSR count). The highest BCUT2D eigenvalue weighted by molar-refractivity contribution is 7.66. The van der Waals surface area contributed by atoms with E-state index in [1.807, 2.05) is 61.5 Å². The van der Waals surface area contributed by atoms with E-state index in [9.17, 15) is 33.2 Å². The van der Waals surface area contributed by atoms with Crippen LogP contribution in [-0.4, -0.2) is 75.4 Å². The van der Waals surface area contributed by atoms with Crippen molar-refractivity contribution in [2.75, 3.05) is 6.61 Å². The standard InChI is InChI=1S/C29H35N2O15P3/c1-17(2)44-48(35,36)46-49(37,38)45-47(33,34)39-16-23-25-26(43-24(42-25)13-19-9-5-4-6-10-19)28(41-23)31-15-21-14-22(40-27(21)30-29(31)32)20-11-7-8-18(3)12-20/h4-12,14-15,17,23-28H,13,16H2,1-3H3,(H,30,32)(H,33,34)(H,35,36)(H,37,38). The third-order valence-corrected chi connectivity index (χ3v) is 12.0. The number of aryl methyl sites for hydroxylation is 1. The van der Waals surface area contributed by atoms with Gasteiger partial charge in [-0.15, -0.1) is 0 Å². The smallest absolute Gasteiger partial charge is 0.466 e. The summed E-state index contributed by atoms with van der Waals surface area (Å²) in [6.07, 6.45) is -2.94. The van der Waals surface area contributed by atoms with Crippen LogP contribution in [0.2, 0.25) is 0 Å². The van der Waals surface area contributed by atoms with E-state index < -0.39 is 79.3 Å². The number of benzene rings is 2. The molecule has 0 radical (unpaired) electrons. The molecular formula is C29H35N2O15P3. The monoisotopic (exact) mass is 744 g/mol. The molecule has 4 N–H and O–H groups in total. The van der Waals surface area contributed by atoms with Crippen LogP contribution < -0.4 is 5.32 Å². The van der Waals surface area contributed by atoms with Crippen LogP contribution in [0.25, 0.3) is 5.76 Å². The Morgan fingerprint density at radius 1 is 0.918 bits per heavy atom. The fourth-order valence-electron chi connectivity index (χ4n) is 5.63. The number of rotatable bonds is 13. The zero-order valence-corrected chi connectivity index (χ0v) is 29.0. The second-order valence-corrected chi connectivity index (χ2v) is 16.4. The average Bonchev–Trinajstić information content (AvgIpc) is 3.68. The third kappa shape index (κ3) is 8.78. The molecule has 0 spiro atoms. The highest BCUT2D eigenvalue weighted by atomic mass is 31.3. The third-order valence-electron chi connectivity index (χ3n) is 7.51. The Kier molecular flexibility index (Phi) is 10.4. The number of phosphoric ester groups is 2. The van der Waals surface area contributed by atoms with E-state index in [0.717, 1.165) is 16.7 Å². The number of urea groups is 1. The largest absolute Gasteiger partial charge is 0.490 e. The molecule has 0 saturated carbocycles. The van der Waals surface area contributed by atoms with Gasteiger partial charge in [-0.2, -0.15) is 8.62 Å². The Balaban J connectivity index is 1.19. The zero-order chi connectivity index (χ0) is 35.1. The quantitative estimate of drug-likeness (QED) is 0.208. The lowest BCUT2D eigenvalue weighted by molar-refractivity contribution is -0.153. The maximum atomic E-state index is 13.4. The number of nitrogens with zero attached hydrogens (tertiary/aromatic N) is 1. The van der Waals surface area contributed by atoms with Gasteiger partial charge in [0.1, 0.15) is 24.1 Å². The maximum absolute atomic E-state index is 13.4. The minimum atomic E-state index is -5.67. The van der Waals surface area contributed by atoms with Gasteiger partial charge >= 0.3 is 29.5 Å². The molecule has 0 aromatic heterocycles. The van der Waals surface area contributed by atoms with Crippen molar-refractivity contribution in [1.29, 1.82) is 0 Å². The Labute approximate surface area is 281 Å². The molecule has 4 aliphatic heterocycles. The Morgan fingerprint density at radius 2 is 1.63 bits per heavy atom. The van der Waals surface area contributed by atoms with Gasteiger partial charge in [0.05, 0.1) is 12.7 Å². The number of fused-ring (bicyclic) bond motifs is 2. The summed E-state index contributed by atoms with van der Waals surface area (Å²) in [4.78, 5) is 44.4. The second kappa shape index (κ2) is 14.1. The lowest BCUT2D eigenvalue weighted by atomic mass is 10.1. The highest BCUT2D eigenvalue weighted by Gasteiger charge is 2.56. The summed E-state index contributed by atoms with van der Waals surface area (Å²) in [5.41, 5.74) is 3.36. The van der Waals surface area contributed by atoms with Gasteiger partial charge in [-0.05, 0) is 38.5 Å². The van der Waals surface area contributed by atoms with Gasteiger partial charge in [-0.3, -0.25) is 19.3 Å². The minimum absolute atomic E-state index is 0.326. The molecule has 2 fully saturated rings. The van der Waals surface area contributed by atoms with Gasteiger partial charge < -0.3 is 33.6 Å². The van der Waals surface area contributed by atoms with E-state index in [1.54, 1.807) is 12.3 Å². The van der Waals surface area contributed by atoms with Crippen molar-refractivity contribution in [3.8, 4) is 0 Å². The Bertz CT molecular complexity index is 1770. The van der Waals surface area contributed by atoms with Gasteiger partial charge in [0.25, 0.3) is 0 Å². The maximum Gasteiger partial charge on any atom is 0.490 e. The van der Waals surface area contributed by atoms with E-state index in [2.05, 4.69) is 18.5 Å². The molecule has 4 heterocycles. The zero-order valence-electron chi connectivity index (χ0n) is 26.3. The first-order valence-electron chi connectivity index (χ1n) is 15.1. The van der Waals surface area contributed by atoms with Crippen molar-refractivity contribution >= 4 is 35.3 Å². The normalized spacial score (nSPS) is 29.9. The van der Waals surface area contributed by atoms with Crippen molar-refractivity contribution in [2.45, 2.75) is 70.4 Å². The van der Waals surface area contributed by atoms with Crippen molar-refractivity contribution in [1.82, 2.24) is 10.2 Å². The number of amides is 2. The second-order valence-electron chi connectivity index (χ2n) is 11.8. The first kappa shape index (κ1) is 36.1. The van der Waals surface area contributed by atoms with Crippen LogP contribution >= 0.6 is 23.5 Å². The minimum Gasteiger partial charge on any atom is -0.466 e. The van der Waals surface area contributed by atoms with E-state index >= 15 is 0 Å². The molecule has 2 amide bonds. The molecule has 20 heteroatoms. The Hall–Kier alpha value is -2.72. The molecular weight excluding hydrogens is 709 g/mol. The van der Waals surface area contributed by atoms with Crippen LogP contribution in [-0.2, 0) is 56.7 Å². The van der Waals surface area contributed by atoms with Crippen LogP contribution in [0.4, 0.5) is 4.79 Å². The Morgan fingerprint density at radius 3 is 2.35 bits per heavy atom. The lowest BCUT2D eigenvalue weighted by Gasteiger charge is -2.33. The van der Waals surface area contributed by atoms with Gasteiger partial charge in [0.2, 0.25) is 6.23 Å².